The second-order valence-electron chi connectivity index (χ2n) is 0.408. The van der Waals surface area contributed by atoms with Gasteiger partial charge in [0.2, 0.25) is 0 Å². The molecule has 0 unspecified atom stereocenters. The van der Waals surface area contributed by atoms with E-state index >= 15 is 0 Å². The maximum atomic E-state index is 4.25. The van der Waals surface area contributed by atoms with Gasteiger partial charge in [-0.15, -0.1) is 0 Å². The summed E-state index contributed by atoms with van der Waals surface area (Å²) in [6, 6.07) is 0. The molecule has 0 saturated heterocycles. The Labute approximate surface area is 24.0 Å². The average Bonchev–Trinajstić information content (AvgIpc) is 1.46. The molecule has 0 aliphatic carbocycles. The van der Waals surface area contributed by atoms with Crippen LogP contribution in [0.1, 0.15) is 0 Å². The monoisotopic (exact) mass is 60.0 g/mol. The summed E-state index contributed by atoms with van der Waals surface area (Å²) in [5, 5.41) is 0. The Hall–Kier alpha value is -0.500. The van der Waals surface area contributed by atoms with Crippen molar-refractivity contribution < 1.29 is 10.2 Å². The van der Waals surface area contributed by atoms with Gasteiger partial charge in [-0.3, -0.25) is 0 Å². The molecule has 1 aliphatic rings. The van der Waals surface area contributed by atoms with Gasteiger partial charge in [-0.25, -0.2) is 0 Å². The third-order valence-electron chi connectivity index (χ3n) is 0.136. The van der Waals surface area contributed by atoms with E-state index in [1.54, 1.807) is 12.5 Å². The molecule has 2 heteroatoms. The quantitative estimate of drug-likeness (QED) is 0.377. The Morgan fingerprint density at radius 2 is 1.50 bits per heavy atom. The van der Waals surface area contributed by atoms with E-state index < -0.39 is 0 Å². The molecule has 0 spiro atoms. The van der Waals surface area contributed by atoms with Gasteiger partial charge in [0.25, 0.3) is 0 Å². The second kappa shape index (κ2) is 0.900. The van der Waals surface area contributed by atoms with Crippen LogP contribution in [0.4, 0.5) is 0 Å². The van der Waals surface area contributed by atoms with Gasteiger partial charge in [0, 0.05) is 0 Å². The average molecular weight is 60.1 g/mol. The minimum absolute atomic E-state index is 0. The Morgan fingerprint density at radius 3 is 1.50 bits per heavy atom. The van der Waals surface area contributed by atoms with Crippen LogP contribution in [0.25, 0.3) is 0 Å². The molecule has 1 aliphatic heterocycles. The van der Waals surface area contributed by atoms with Gasteiger partial charge in [0.1, 0.15) is 12.5 Å². The number of ether oxygens (including phenoxy) is 1. The summed E-state index contributed by atoms with van der Waals surface area (Å²) in [4.78, 5) is 0. The van der Waals surface area contributed by atoms with E-state index in [-0.39, 0.29) is 5.48 Å². The largest absolute Gasteiger partial charge is 0.466 e. The maximum absolute atomic E-state index is 4.25. The van der Waals surface area contributed by atoms with Crippen molar-refractivity contribution in [2.24, 2.45) is 0 Å². The highest BCUT2D eigenvalue weighted by Crippen LogP contribution is 1.89. The van der Waals surface area contributed by atoms with Gasteiger partial charge in [-0.1, -0.05) is 0 Å². The zero-order chi connectivity index (χ0) is 2.12. The third kappa shape index (κ3) is 1.50. The molecule has 0 bridgehead atoms. The van der Waals surface area contributed by atoms with Crippen LogP contribution in [-0.4, -0.2) is 5.48 Å². The number of hydrogen-bond acceptors (Lipinski definition) is 1. The Morgan fingerprint density at radius 1 is 1.25 bits per heavy atom. The van der Waals surface area contributed by atoms with Gasteiger partial charge in [-0.05, 0) is 0 Å². The topological polar surface area (TPSA) is 44.0 Å². The first kappa shape index (κ1) is 3.50. The lowest BCUT2D eigenvalue weighted by molar-refractivity contribution is 0.541. The zero-order valence-corrected chi connectivity index (χ0v) is 2.06. The highest BCUT2D eigenvalue weighted by molar-refractivity contribution is 4.76. The molecule has 0 aromatic rings. The van der Waals surface area contributed by atoms with Crippen LogP contribution in [-0.2, 0) is 4.74 Å². The Balaban J connectivity index is 0.0000000900. The first-order valence-electron chi connectivity index (χ1n) is 0.805. The fraction of sp³-hybridized carbons (Fsp3) is 0. The van der Waals surface area contributed by atoms with Crippen LogP contribution in [0.5, 0.6) is 0 Å². The summed E-state index contributed by atoms with van der Waals surface area (Å²) in [5.41, 5.74) is 0. The number of rotatable bonds is 0. The lowest BCUT2D eigenvalue weighted by Gasteiger charge is -1.37. The minimum atomic E-state index is 0. The minimum Gasteiger partial charge on any atom is -0.466 e. The highest BCUT2D eigenvalue weighted by Gasteiger charge is 1.74. The molecule has 2 nitrogen and oxygen atoms in total. The van der Waals surface area contributed by atoms with Gasteiger partial charge in [0.15, 0.2) is 0 Å². The number of hydrogen-bond donors (Lipinski definition) is 0. The lowest BCUT2D eigenvalue weighted by Crippen LogP contribution is -1.09. The van der Waals surface area contributed by atoms with Crippen molar-refractivity contribution in [3.05, 3.63) is 12.5 Å². The van der Waals surface area contributed by atoms with E-state index in [0.29, 0.717) is 0 Å². The fourth-order valence-corrected chi connectivity index (χ4v) is 0. The van der Waals surface area contributed by atoms with Gasteiger partial charge < -0.3 is 10.2 Å². The Bertz CT molecular complexity index is 27.0. The highest BCUT2D eigenvalue weighted by atomic mass is 16.5. The molecule has 2 N–H and O–H groups in total. The molecule has 0 aromatic carbocycles. The van der Waals surface area contributed by atoms with Crippen LogP contribution >= 0.6 is 0 Å². The molecule has 0 aromatic heterocycles. The first-order valence-corrected chi connectivity index (χ1v) is 0.805. The van der Waals surface area contributed by atoms with E-state index in [4.69, 9.17) is 0 Å². The third-order valence-corrected chi connectivity index (χ3v) is 0.136. The summed E-state index contributed by atoms with van der Waals surface area (Å²) in [6.45, 7) is 0. The molecular weight excluding hydrogens is 56.0 g/mol. The van der Waals surface area contributed by atoms with Crippen molar-refractivity contribution >= 4 is 0 Å². The fourth-order valence-electron chi connectivity index (χ4n) is 0. The molecule has 0 amide bonds. The summed E-state index contributed by atoms with van der Waals surface area (Å²) in [6.07, 6.45) is 3.25. The maximum Gasteiger partial charge on any atom is 0.125 e. The Kier molecular flexibility index (Phi) is 0.787. The predicted octanol–water partition coefficient (Wildman–Crippen LogP) is -0.337. The SMILES string of the molecule is C1=CO1.O. The molecular formula is C2H4O2. The van der Waals surface area contributed by atoms with Crippen molar-refractivity contribution in [2.75, 3.05) is 0 Å². The smallest absolute Gasteiger partial charge is 0.125 e. The standard InChI is InChI=1S/C2H2O.H2O/c1-2-3-1;/h1-2H;1H2. The van der Waals surface area contributed by atoms with Crippen molar-refractivity contribution in [3.8, 4) is 0 Å². The lowest BCUT2D eigenvalue weighted by atomic mass is 11.3. The van der Waals surface area contributed by atoms with Crippen LogP contribution < -0.4 is 0 Å². The van der Waals surface area contributed by atoms with Gasteiger partial charge in [0.05, 0.1) is 0 Å². The van der Waals surface area contributed by atoms with Crippen molar-refractivity contribution in [3.63, 3.8) is 0 Å². The van der Waals surface area contributed by atoms with Crippen LogP contribution in [0.3, 0.4) is 0 Å². The van der Waals surface area contributed by atoms with Gasteiger partial charge >= 0.3 is 0 Å². The molecule has 1 heterocycles. The van der Waals surface area contributed by atoms with Crippen molar-refractivity contribution in [1.82, 2.24) is 0 Å². The van der Waals surface area contributed by atoms with E-state index in [9.17, 15) is 0 Å². The van der Waals surface area contributed by atoms with Crippen molar-refractivity contribution in [2.45, 2.75) is 0 Å². The molecule has 1 rings (SSSR count). The molecule has 4 heavy (non-hydrogen) atoms. The van der Waals surface area contributed by atoms with Crippen molar-refractivity contribution in [1.29, 1.82) is 0 Å². The van der Waals surface area contributed by atoms with Crippen LogP contribution in [0.15, 0.2) is 12.5 Å². The normalized spacial score (nSPS) is 12.0. The van der Waals surface area contributed by atoms with Gasteiger partial charge in [-0.2, -0.15) is 0 Å². The van der Waals surface area contributed by atoms with E-state index in [1.807, 2.05) is 0 Å². The molecule has 0 saturated carbocycles. The molecule has 0 fully saturated rings. The van der Waals surface area contributed by atoms with Crippen LogP contribution in [0, 0.1) is 0 Å². The van der Waals surface area contributed by atoms with E-state index in [2.05, 4.69) is 4.74 Å². The van der Waals surface area contributed by atoms with Crippen LogP contribution in [0.2, 0.25) is 0 Å². The summed E-state index contributed by atoms with van der Waals surface area (Å²) < 4.78 is 4.25. The molecule has 0 radical (unpaired) electrons. The zero-order valence-electron chi connectivity index (χ0n) is 2.06. The summed E-state index contributed by atoms with van der Waals surface area (Å²) in [7, 11) is 0. The molecule has 24 valence electrons. The summed E-state index contributed by atoms with van der Waals surface area (Å²) in [5.74, 6) is 0. The van der Waals surface area contributed by atoms with E-state index in [1.165, 1.54) is 0 Å². The predicted molar refractivity (Wildman–Crippen MR) is 13.8 cm³/mol. The summed E-state index contributed by atoms with van der Waals surface area (Å²) >= 11 is 0. The first-order chi connectivity index (χ1) is 1.50. The van der Waals surface area contributed by atoms with E-state index in [0.717, 1.165) is 0 Å². The second-order valence-corrected chi connectivity index (χ2v) is 0.408. The molecule has 0 atom stereocenters.